The van der Waals surface area contributed by atoms with Gasteiger partial charge in [-0.05, 0) is 23.1 Å². The first-order valence-electron chi connectivity index (χ1n) is 11.8. The molecule has 1 aromatic heterocycles. The van der Waals surface area contributed by atoms with Gasteiger partial charge in [-0.3, -0.25) is 9.36 Å². The number of thioether (sulfide) groups is 1. The van der Waals surface area contributed by atoms with E-state index in [0.29, 0.717) is 43.6 Å². The Kier molecular flexibility index (Phi) is 7.60. The lowest BCUT2D eigenvalue weighted by Crippen LogP contribution is -2.49. The van der Waals surface area contributed by atoms with E-state index < -0.39 is 0 Å². The molecular formula is C27H32FN5OS. The molecular weight excluding hydrogens is 461 g/mol. The third-order valence-electron chi connectivity index (χ3n) is 6.19. The van der Waals surface area contributed by atoms with Crippen molar-refractivity contribution in [3.8, 4) is 11.4 Å². The number of halogens is 1. The molecule has 1 fully saturated rings. The topological polar surface area (TPSA) is 54.3 Å². The van der Waals surface area contributed by atoms with Gasteiger partial charge in [0.1, 0.15) is 5.82 Å². The normalized spacial score (nSPS) is 14.3. The van der Waals surface area contributed by atoms with E-state index in [4.69, 9.17) is 0 Å². The van der Waals surface area contributed by atoms with Crippen LogP contribution in [-0.2, 0) is 16.8 Å². The first-order valence-corrected chi connectivity index (χ1v) is 12.8. The first kappa shape index (κ1) is 25.0. The van der Waals surface area contributed by atoms with Crippen LogP contribution in [0.4, 0.5) is 10.1 Å². The Labute approximate surface area is 210 Å². The first-order chi connectivity index (χ1) is 16.8. The van der Waals surface area contributed by atoms with Crippen molar-refractivity contribution in [2.24, 2.45) is 0 Å². The van der Waals surface area contributed by atoms with E-state index >= 15 is 0 Å². The summed E-state index contributed by atoms with van der Waals surface area (Å²) in [6, 6.07) is 15.2. The molecule has 3 aromatic rings. The Morgan fingerprint density at radius 3 is 2.37 bits per heavy atom. The van der Waals surface area contributed by atoms with Crippen LogP contribution in [0.1, 0.15) is 26.3 Å². The van der Waals surface area contributed by atoms with Crippen LogP contribution in [0.15, 0.2) is 66.3 Å². The number of carbonyl (C=O) groups is 1. The minimum absolute atomic E-state index is 0.0485. The smallest absolute Gasteiger partial charge is 0.233 e. The van der Waals surface area contributed by atoms with Gasteiger partial charge < -0.3 is 9.80 Å². The van der Waals surface area contributed by atoms with Crippen LogP contribution in [-0.4, -0.2) is 57.5 Å². The van der Waals surface area contributed by atoms with Crippen LogP contribution in [0.2, 0.25) is 0 Å². The molecule has 2 heterocycles. The molecule has 8 heteroatoms. The fraction of sp³-hybridized carbons (Fsp3) is 0.370. The second-order valence-corrected chi connectivity index (χ2v) is 10.6. The molecule has 35 heavy (non-hydrogen) atoms. The number of rotatable bonds is 7. The minimum Gasteiger partial charge on any atom is -0.366 e. The summed E-state index contributed by atoms with van der Waals surface area (Å²) >= 11 is 1.39. The summed E-state index contributed by atoms with van der Waals surface area (Å²) in [5.41, 5.74) is 2.91. The van der Waals surface area contributed by atoms with E-state index in [2.05, 4.69) is 61.8 Å². The van der Waals surface area contributed by atoms with Crippen molar-refractivity contribution in [2.75, 3.05) is 36.8 Å². The fourth-order valence-corrected chi connectivity index (χ4v) is 5.00. The lowest BCUT2D eigenvalue weighted by molar-refractivity contribution is -0.128. The molecule has 0 aliphatic carbocycles. The summed E-state index contributed by atoms with van der Waals surface area (Å²) in [6.07, 6.45) is 1.81. The second-order valence-electron chi connectivity index (χ2n) is 9.64. The monoisotopic (exact) mass is 493 g/mol. The number of hydrogen-bond acceptors (Lipinski definition) is 5. The van der Waals surface area contributed by atoms with Crippen LogP contribution in [0.25, 0.3) is 11.4 Å². The maximum absolute atomic E-state index is 14.1. The Hall–Kier alpha value is -3.13. The molecule has 0 atom stereocenters. The average molecular weight is 494 g/mol. The molecule has 2 aromatic carbocycles. The predicted molar refractivity (Wildman–Crippen MR) is 140 cm³/mol. The predicted octanol–water partition coefficient (Wildman–Crippen LogP) is 5.01. The van der Waals surface area contributed by atoms with Gasteiger partial charge in [-0.15, -0.1) is 16.8 Å². The molecule has 0 spiro atoms. The van der Waals surface area contributed by atoms with Gasteiger partial charge in [-0.25, -0.2) is 4.39 Å². The number of aromatic nitrogens is 3. The molecule has 1 saturated heterocycles. The molecule has 0 unspecified atom stereocenters. The van der Waals surface area contributed by atoms with E-state index in [-0.39, 0.29) is 22.9 Å². The highest BCUT2D eigenvalue weighted by Gasteiger charge is 2.24. The maximum atomic E-state index is 14.1. The number of anilines is 1. The number of nitrogens with zero attached hydrogens (tertiary/aromatic N) is 5. The Morgan fingerprint density at radius 2 is 1.74 bits per heavy atom. The summed E-state index contributed by atoms with van der Waals surface area (Å²) < 4.78 is 16.1. The van der Waals surface area contributed by atoms with Crippen LogP contribution in [0.3, 0.4) is 0 Å². The number of amides is 1. The van der Waals surface area contributed by atoms with E-state index in [1.807, 2.05) is 26.5 Å². The number of hydrogen-bond donors (Lipinski definition) is 0. The van der Waals surface area contributed by atoms with Crippen molar-refractivity contribution in [2.45, 2.75) is 37.9 Å². The number of carbonyl (C=O) groups excluding carboxylic acids is 1. The summed E-state index contributed by atoms with van der Waals surface area (Å²) in [7, 11) is 0. The summed E-state index contributed by atoms with van der Waals surface area (Å²) in [4.78, 5) is 16.7. The SMILES string of the molecule is C=CCn1c(SCC(=O)N2CCN(c3ccccc3F)CC2)nnc1-c1ccc(C(C)(C)C)cc1. The Balaban J connectivity index is 1.39. The van der Waals surface area contributed by atoms with Gasteiger partial charge in [0.05, 0.1) is 11.4 Å². The van der Waals surface area contributed by atoms with E-state index in [1.165, 1.54) is 23.4 Å². The van der Waals surface area contributed by atoms with Crippen molar-refractivity contribution in [3.63, 3.8) is 0 Å². The second kappa shape index (κ2) is 10.6. The van der Waals surface area contributed by atoms with Gasteiger partial charge in [0.15, 0.2) is 11.0 Å². The van der Waals surface area contributed by atoms with Crippen LogP contribution in [0.5, 0.6) is 0 Å². The quantitative estimate of drug-likeness (QED) is 0.342. The summed E-state index contributed by atoms with van der Waals surface area (Å²) in [6.45, 7) is 13.3. The zero-order valence-corrected chi connectivity index (χ0v) is 21.4. The standard InChI is InChI=1S/C27H32FN5OS/c1-5-14-33-25(20-10-12-21(13-11-20)27(2,3)4)29-30-26(33)35-19-24(34)32-17-15-31(16-18-32)23-9-7-6-8-22(23)28/h5-13H,1,14-19H2,2-4H3. The van der Waals surface area contributed by atoms with Crippen LogP contribution >= 0.6 is 11.8 Å². The summed E-state index contributed by atoms with van der Waals surface area (Å²) in [5, 5.41) is 9.48. The van der Waals surface area contributed by atoms with Gasteiger partial charge in [-0.2, -0.15) is 0 Å². The maximum Gasteiger partial charge on any atom is 0.233 e. The molecule has 4 rings (SSSR count). The van der Waals surface area contributed by atoms with Crippen molar-refractivity contribution in [1.82, 2.24) is 19.7 Å². The molecule has 1 aliphatic heterocycles. The molecule has 1 aliphatic rings. The molecule has 1 amide bonds. The lowest BCUT2D eigenvalue weighted by Gasteiger charge is -2.36. The molecule has 0 bridgehead atoms. The zero-order valence-electron chi connectivity index (χ0n) is 20.6. The highest BCUT2D eigenvalue weighted by atomic mass is 32.2. The van der Waals surface area contributed by atoms with Gasteiger partial charge in [0, 0.05) is 38.3 Å². The third-order valence-corrected chi connectivity index (χ3v) is 7.14. The Morgan fingerprint density at radius 1 is 1.06 bits per heavy atom. The highest BCUT2D eigenvalue weighted by molar-refractivity contribution is 7.99. The number of allylic oxidation sites excluding steroid dienone is 1. The van der Waals surface area contributed by atoms with Crippen molar-refractivity contribution >= 4 is 23.4 Å². The highest BCUT2D eigenvalue weighted by Crippen LogP contribution is 2.28. The zero-order chi connectivity index (χ0) is 25.0. The van der Waals surface area contributed by atoms with Crippen molar-refractivity contribution < 1.29 is 9.18 Å². The summed E-state index contributed by atoms with van der Waals surface area (Å²) in [5.74, 6) is 0.859. The van der Waals surface area contributed by atoms with E-state index in [1.54, 1.807) is 12.1 Å². The largest absolute Gasteiger partial charge is 0.366 e. The fourth-order valence-electron chi connectivity index (χ4n) is 4.14. The molecule has 6 nitrogen and oxygen atoms in total. The lowest BCUT2D eigenvalue weighted by atomic mass is 9.87. The van der Waals surface area contributed by atoms with E-state index in [9.17, 15) is 9.18 Å². The molecule has 0 N–H and O–H groups in total. The van der Waals surface area contributed by atoms with Gasteiger partial charge >= 0.3 is 0 Å². The minimum atomic E-state index is -0.228. The van der Waals surface area contributed by atoms with Gasteiger partial charge in [0.2, 0.25) is 5.91 Å². The number of piperazine rings is 1. The molecule has 0 radical (unpaired) electrons. The average Bonchev–Trinajstić information content (AvgIpc) is 3.25. The van der Waals surface area contributed by atoms with Gasteiger partial charge in [0.25, 0.3) is 0 Å². The van der Waals surface area contributed by atoms with Crippen molar-refractivity contribution in [1.29, 1.82) is 0 Å². The Bertz CT molecular complexity index is 1180. The van der Waals surface area contributed by atoms with Crippen LogP contribution < -0.4 is 4.90 Å². The molecule has 0 saturated carbocycles. The number of para-hydroxylation sites is 1. The third kappa shape index (κ3) is 5.75. The number of benzene rings is 2. The molecule has 184 valence electrons. The van der Waals surface area contributed by atoms with Crippen LogP contribution in [0, 0.1) is 5.82 Å². The van der Waals surface area contributed by atoms with Gasteiger partial charge in [-0.1, -0.05) is 75.0 Å². The van der Waals surface area contributed by atoms with E-state index in [0.717, 1.165) is 11.4 Å². The van der Waals surface area contributed by atoms with Crippen molar-refractivity contribution in [3.05, 3.63) is 72.6 Å².